The second-order valence-electron chi connectivity index (χ2n) is 5.24. The molecule has 0 radical (unpaired) electrons. The van der Waals surface area contributed by atoms with Crippen molar-refractivity contribution in [1.29, 1.82) is 0 Å². The number of benzene rings is 2. The van der Waals surface area contributed by atoms with E-state index in [9.17, 15) is 4.79 Å². The predicted molar refractivity (Wildman–Crippen MR) is 85.4 cm³/mol. The topological polar surface area (TPSA) is 49.6 Å². The third kappa shape index (κ3) is 2.67. The summed E-state index contributed by atoms with van der Waals surface area (Å²) in [5.41, 5.74) is 9.51. The van der Waals surface area contributed by atoms with Gasteiger partial charge in [0.25, 0.3) is 0 Å². The molecule has 0 spiro atoms. The molecule has 1 aliphatic rings. The van der Waals surface area contributed by atoms with E-state index in [0.717, 1.165) is 16.8 Å². The number of hydrogen-bond donors (Lipinski definition) is 1. The summed E-state index contributed by atoms with van der Waals surface area (Å²) in [6.07, 6.45) is 0. The molecule has 0 atom stereocenters. The van der Waals surface area contributed by atoms with Crippen LogP contribution in [-0.4, -0.2) is 18.0 Å². The van der Waals surface area contributed by atoms with Gasteiger partial charge in [-0.15, -0.1) is 0 Å². The van der Waals surface area contributed by atoms with Gasteiger partial charge in [-0.3, -0.25) is 4.90 Å². The molecule has 0 unspecified atom stereocenters. The average Bonchev–Trinajstić information content (AvgIpc) is 2.44. The Kier molecular flexibility index (Phi) is 3.47. The Balaban J connectivity index is 1.99. The number of anilines is 2. The van der Waals surface area contributed by atoms with Gasteiger partial charge in [0.2, 0.25) is 0 Å². The number of carbonyl (C=O) groups excluding carboxylic acids is 1. The van der Waals surface area contributed by atoms with Crippen LogP contribution in [0.2, 0.25) is 5.02 Å². The van der Waals surface area contributed by atoms with E-state index >= 15 is 0 Å². The fourth-order valence-corrected chi connectivity index (χ4v) is 2.81. The van der Waals surface area contributed by atoms with Gasteiger partial charge in [0.1, 0.15) is 0 Å². The van der Waals surface area contributed by atoms with Crippen molar-refractivity contribution < 1.29 is 4.79 Å². The molecule has 0 saturated carbocycles. The van der Waals surface area contributed by atoms with E-state index in [1.807, 2.05) is 42.5 Å². The van der Waals surface area contributed by atoms with Gasteiger partial charge in [0.15, 0.2) is 0 Å². The summed E-state index contributed by atoms with van der Waals surface area (Å²) in [5.74, 6) is 0. The summed E-state index contributed by atoms with van der Waals surface area (Å²) >= 11 is 6.02. The molecule has 2 amide bonds. The molecular weight excluding hydrogens is 286 g/mol. The Morgan fingerprint density at radius 3 is 2.81 bits per heavy atom. The predicted octanol–water partition coefficient (Wildman–Crippen LogP) is 3.49. The van der Waals surface area contributed by atoms with Gasteiger partial charge in [-0.1, -0.05) is 23.7 Å². The fourth-order valence-electron chi connectivity index (χ4n) is 2.60. The van der Waals surface area contributed by atoms with Crippen LogP contribution in [0.5, 0.6) is 0 Å². The lowest BCUT2D eigenvalue weighted by Gasteiger charge is -2.35. The van der Waals surface area contributed by atoms with Gasteiger partial charge < -0.3 is 10.6 Å². The largest absolute Gasteiger partial charge is 0.399 e. The maximum Gasteiger partial charge on any atom is 0.324 e. The number of urea groups is 1. The maximum absolute atomic E-state index is 12.4. The molecule has 2 N–H and O–H groups in total. The van der Waals surface area contributed by atoms with E-state index < -0.39 is 0 Å². The lowest BCUT2D eigenvalue weighted by molar-refractivity contribution is 0.210. The molecule has 3 rings (SSSR count). The molecular formula is C16H16ClN3O. The summed E-state index contributed by atoms with van der Waals surface area (Å²) in [7, 11) is 1.79. The number of carbonyl (C=O) groups is 1. The van der Waals surface area contributed by atoms with Crippen LogP contribution in [0.3, 0.4) is 0 Å². The monoisotopic (exact) mass is 301 g/mol. The molecule has 0 bridgehead atoms. The highest BCUT2D eigenvalue weighted by molar-refractivity contribution is 6.30. The Morgan fingerprint density at radius 1 is 1.24 bits per heavy atom. The first-order chi connectivity index (χ1) is 10.0. The molecule has 21 heavy (non-hydrogen) atoms. The minimum Gasteiger partial charge on any atom is -0.399 e. The van der Waals surface area contributed by atoms with E-state index in [-0.39, 0.29) is 6.03 Å². The van der Waals surface area contributed by atoms with Gasteiger partial charge in [-0.2, -0.15) is 0 Å². The SMILES string of the molecule is CN1Cc2cc(N)ccc2N(Cc2cccc(Cl)c2)C1=O. The number of fused-ring (bicyclic) bond motifs is 1. The zero-order valence-electron chi connectivity index (χ0n) is 11.7. The highest BCUT2D eigenvalue weighted by atomic mass is 35.5. The zero-order chi connectivity index (χ0) is 15.0. The molecule has 1 heterocycles. The van der Waals surface area contributed by atoms with Crippen LogP contribution >= 0.6 is 11.6 Å². The molecule has 0 saturated heterocycles. The number of amides is 2. The number of rotatable bonds is 2. The van der Waals surface area contributed by atoms with Crippen molar-refractivity contribution in [3.63, 3.8) is 0 Å². The lowest BCUT2D eigenvalue weighted by atomic mass is 10.1. The summed E-state index contributed by atoms with van der Waals surface area (Å²) in [4.78, 5) is 15.9. The van der Waals surface area contributed by atoms with Crippen LogP contribution in [0.25, 0.3) is 0 Å². The van der Waals surface area contributed by atoms with E-state index in [1.54, 1.807) is 16.8 Å². The third-order valence-corrected chi connectivity index (χ3v) is 3.82. The van der Waals surface area contributed by atoms with Crippen molar-refractivity contribution in [2.45, 2.75) is 13.1 Å². The molecule has 108 valence electrons. The van der Waals surface area contributed by atoms with Crippen LogP contribution in [-0.2, 0) is 13.1 Å². The quantitative estimate of drug-likeness (QED) is 0.863. The Morgan fingerprint density at radius 2 is 2.05 bits per heavy atom. The molecule has 5 heteroatoms. The first kappa shape index (κ1) is 13.8. The van der Waals surface area contributed by atoms with E-state index in [2.05, 4.69) is 0 Å². The number of halogens is 1. The summed E-state index contributed by atoms with van der Waals surface area (Å²) in [6, 6.07) is 13.2. The van der Waals surface area contributed by atoms with Gasteiger partial charge in [-0.05, 0) is 41.5 Å². The first-order valence-corrected chi connectivity index (χ1v) is 7.08. The summed E-state index contributed by atoms with van der Waals surface area (Å²) in [5, 5.41) is 0.669. The van der Waals surface area contributed by atoms with E-state index in [0.29, 0.717) is 23.8 Å². The van der Waals surface area contributed by atoms with Crippen LogP contribution < -0.4 is 10.6 Å². The van der Waals surface area contributed by atoms with Crippen LogP contribution in [0.15, 0.2) is 42.5 Å². The zero-order valence-corrected chi connectivity index (χ0v) is 12.5. The Hall–Kier alpha value is -2.20. The molecule has 1 aliphatic heterocycles. The second-order valence-corrected chi connectivity index (χ2v) is 5.68. The van der Waals surface area contributed by atoms with Gasteiger partial charge in [-0.25, -0.2) is 4.79 Å². The second kappa shape index (κ2) is 5.30. The van der Waals surface area contributed by atoms with Crippen LogP contribution in [0.1, 0.15) is 11.1 Å². The molecule has 0 aliphatic carbocycles. The van der Waals surface area contributed by atoms with Crippen molar-refractivity contribution in [1.82, 2.24) is 4.90 Å². The molecule has 4 nitrogen and oxygen atoms in total. The molecule has 0 fully saturated rings. The fraction of sp³-hybridized carbons (Fsp3) is 0.188. The van der Waals surface area contributed by atoms with Crippen molar-refractivity contribution >= 4 is 29.0 Å². The number of nitrogens with zero attached hydrogens (tertiary/aromatic N) is 2. The van der Waals surface area contributed by atoms with Gasteiger partial charge in [0.05, 0.1) is 12.2 Å². The smallest absolute Gasteiger partial charge is 0.324 e. The highest BCUT2D eigenvalue weighted by Crippen LogP contribution is 2.31. The van der Waals surface area contributed by atoms with Crippen LogP contribution in [0, 0.1) is 0 Å². The minimum atomic E-state index is -0.0211. The van der Waals surface area contributed by atoms with Crippen molar-refractivity contribution in [3.05, 3.63) is 58.6 Å². The summed E-state index contributed by atoms with van der Waals surface area (Å²) in [6.45, 7) is 1.06. The number of nitrogens with two attached hydrogens (primary N) is 1. The van der Waals surface area contributed by atoms with E-state index in [4.69, 9.17) is 17.3 Å². The molecule has 0 aromatic heterocycles. The van der Waals surface area contributed by atoms with Gasteiger partial charge in [0, 0.05) is 24.3 Å². The van der Waals surface area contributed by atoms with Crippen molar-refractivity contribution in [2.75, 3.05) is 17.7 Å². The van der Waals surface area contributed by atoms with Crippen LogP contribution in [0.4, 0.5) is 16.2 Å². The first-order valence-electron chi connectivity index (χ1n) is 6.70. The third-order valence-electron chi connectivity index (χ3n) is 3.59. The minimum absolute atomic E-state index is 0.0211. The Bertz CT molecular complexity index is 702. The maximum atomic E-state index is 12.4. The molecule has 2 aromatic rings. The number of nitrogen functional groups attached to an aromatic ring is 1. The normalized spacial score (nSPS) is 14.3. The highest BCUT2D eigenvalue weighted by Gasteiger charge is 2.28. The Labute approximate surface area is 128 Å². The van der Waals surface area contributed by atoms with E-state index in [1.165, 1.54) is 0 Å². The molecule has 2 aromatic carbocycles. The van der Waals surface area contributed by atoms with Gasteiger partial charge >= 0.3 is 6.03 Å². The lowest BCUT2D eigenvalue weighted by Crippen LogP contribution is -2.44. The number of hydrogen-bond acceptors (Lipinski definition) is 2. The standard InChI is InChI=1S/C16H16ClN3O/c1-19-10-12-8-14(18)5-6-15(12)20(16(19)21)9-11-3-2-4-13(17)7-11/h2-8H,9-10,18H2,1H3. The van der Waals surface area contributed by atoms with Crippen molar-refractivity contribution in [3.8, 4) is 0 Å². The van der Waals surface area contributed by atoms with Crippen molar-refractivity contribution in [2.24, 2.45) is 0 Å². The average molecular weight is 302 g/mol. The summed E-state index contributed by atoms with van der Waals surface area (Å²) < 4.78 is 0.